The summed E-state index contributed by atoms with van der Waals surface area (Å²) in [6, 6.07) is 9.15. The smallest absolute Gasteiger partial charge is 0.321 e. The van der Waals surface area contributed by atoms with Crippen LogP contribution in [-0.2, 0) is 10.5 Å². The van der Waals surface area contributed by atoms with Crippen LogP contribution in [0.25, 0.3) is 0 Å². The number of benzene rings is 1. The maximum Gasteiger partial charge on any atom is 0.321 e. The van der Waals surface area contributed by atoms with E-state index in [2.05, 4.69) is 0 Å². The van der Waals surface area contributed by atoms with Crippen molar-refractivity contribution in [1.29, 1.82) is 0 Å². The van der Waals surface area contributed by atoms with E-state index >= 15 is 0 Å². The Labute approximate surface area is 87.3 Å². The van der Waals surface area contributed by atoms with Crippen molar-refractivity contribution < 1.29 is 9.90 Å². The van der Waals surface area contributed by atoms with E-state index in [0.717, 1.165) is 5.75 Å². The molecule has 3 N–H and O–H groups in total. The molecule has 1 aromatic rings. The van der Waals surface area contributed by atoms with Crippen LogP contribution in [0.3, 0.4) is 0 Å². The quantitative estimate of drug-likeness (QED) is 0.574. The second-order valence-corrected chi connectivity index (χ2v) is 3.98. The molecule has 4 heteroatoms. The fraction of sp³-hybridized carbons (Fsp3) is 0.300. The first-order chi connectivity index (χ1) is 6.70. The second kappa shape index (κ2) is 5.67. The molecule has 0 fully saturated rings. The van der Waals surface area contributed by atoms with Gasteiger partial charge in [-0.1, -0.05) is 30.3 Å². The summed E-state index contributed by atoms with van der Waals surface area (Å²) in [7, 11) is 0. The third-order valence-electron chi connectivity index (χ3n) is 1.73. The van der Waals surface area contributed by atoms with Gasteiger partial charge in [0.15, 0.2) is 0 Å². The predicted molar refractivity (Wildman–Crippen MR) is 58.2 cm³/mol. The lowest BCUT2D eigenvalue weighted by Gasteiger charge is -2.05. The van der Waals surface area contributed by atoms with E-state index in [1.165, 1.54) is 17.3 Å². The van der Waals surface area contributed by atoms with E-state index in [4.69, 9.17) is 10.8 Å². The van der Waals surface area contributed by atoms with Gasteiger partial charge in [0, 0.05) is 11.5 Å². The van der Waals surface area contributed by atoms with Crippen LogP contribution in [-0.4, -0.2) is 22.9 Å². The molecule has 14 heavy (non-hydrogen) atoms. The van der Waals surface area contributed by atoms with Gasteiger partial charge in [0.05, 0.1) is 0 Å². The third kappa shape index (κ3) is 3.81. The Hall–Kier alpha value is -1.00. The molecule has 0 radical (unpaired) electrons. The van der Waals surface area contributed by atoms with Crippen molar-refractivity contribution in [2.24, 2.45) is 5.73 Å². The van der Waals surface area contributed by atoms with Crippen molar-refractivity contribution in [3.63, 3.8) is 0 Å². The summed E-state index contributed by atoms with van der Waals surface area (Å²) in [4.78, 5) is 10.4. The molecular formula is C10H13NO2S. The zero-order valence-corrected chi connectivity index (χ0v) is 8.54. The standard InChI is InChI=1S/C10H13NO2S/c11-9(10(12)13)7-14-6-8-4-2-1-3-5-8/h1-5,9H,6-7,11H2,(H,12,13)/t9-/m0/s1/i7+1,9+1,10+1,11+1. The van der Waals surface area contributed by atoms with Gasteiger partial charge >= 0.3 is 5.97 Å². The van der Waals surface area contributed by atoms with Crippen LogP contribution in [0.2, 0.25) is 0 Å². The Morgan fingerprint density at radius 2 is 2.07 bits per heavy atom. The summed E-state index contributed by atoms with van der Waals surface area (Å²) in [6.07, 6.45) is 0. The summed E-state index contributed by atoms with van der Waals surface area (Å²) in [5, 5.41) is 8.54. The van der Waals surface area contributed by atoms with Gasteiger partial charge in [-0.25, -0.2) is 0 Å². The van der Waals surface area contributed by atoms with Crippen molar-refractivity contribution in [3.8, 4) is 0 Å². The lowest BCUT2D eigenvalue weighted by Crippen LogP contribution is -2.32. The predicted octanol–water partition coefficient (Wildman–Crippen LogP) is 1.33. The largest absolute Gasteiger partial charge is 0.480 e. The number of nitrogens with two attached hydrogens (primary N) is 1. The molecule has 0 spiro atoms. The number of hydrogen-bond acceptors (Lipinski definition) is 3. The minimum atomic E-state index is -0.939. The molecule has 0 amide bonds. The highest BCUT2D eigenvalue weighted by molar-refractivity contribution is 7.98. The number of carboxylic acids is 1. The highest BCUT2D eigenvalue weighted by atomic mass is 32.2. The zero-order valence-electron chi connectivity index (χ0n) is 7.72. The first kappa shape index (κ1) is 11.1. The van der Waals surface area contributed by atoms with Crippen LogP contribution in [0.4, 0.5) is 0 Å². The van der Waals surface area contributed by atoms with E-state index in [-0.39, 0.29) is 0 Å². The minimum Gasteiger partial charge on any atom is -0.480 e. The van der Waals surface area contributed by atoms with Gasteiger partial charge in [0.2, 0.25) is 0 Å². The number of rotatable bonds is 5. The molecule has 1 rings (SSSR count). The molecule has 3 nitrogen and oxygen atoms in total. The first-order valence-corrected chi connectivity index (χ1v) is 5.45. The van der Waals surface area contributed by atoms with Crippen molar-refractivity contribution in [1.82, 2.24) is 0 Å². The van der Waals surface area contributed by atoms with E-state index in [9.17, 15) is 4.79 Å². The number of carboxylic acid groups (broad SMARTS) is 1. The van der Waals surface area contributed by atoms with E-state index in [1.54, 1.807) is 0 Å². The van der Waals surface area contributed by atoms with E-state index < -0.39 is 12.0 Å². The lowest BCUT2D eigenvalue weighted by molar-refractivity contribution is -0.137. The molecule has 1 aromatic carbocycles. The maximum atomic E-state index is 10.4. The molecule has 0 unspecified atom stereocenters. The van der Waals surface area contributed by atoms with Crippen LogP contribution >= 0.6 is 11.8 Å². The molecule has 0 aliphatic carbocycles. The summed E-state index contributed by atoms with van der Waals surface area (Å²) >= 11 is 1.54. The zero-order chi connectivity index (χ0) is 10.4. The SMILES string of the molecule is [15NH2][13C@@H]([13CH2]SCc1ccccc1)[13C](=O)O. The van der Waals surface area contributed by atoms with Gasteiger partial charge in [0.25, 0.3) is 0 Å². The van der Waals surface area contributed by atoms with Gasteiger partial charge in [-0.15, -0.1) is 0 Å². The number of thioether (sulfide) groups is 1. The lowest BCUT2D eigenvalue weighted by atomic mass is 10.2. The molecule has 1 atom stereocenters. The summed E-state index contributed by atoms with van der Waals surface area (Å²) in [5.41, 5.74) is 6.55. The fourth-order valence-corrected chi connectivity index (χ4v) is 1.89. The third-order valence-corrected chi connectivity index (χ3v) is 2.86. The minimum absolute atomic E-state index is 0.449. The van der Waals surface area contributed by atoms with Crippen molar-refractivity contribution >= 4 is 17.7 Å². The van der Waals surface area contributed by atoms with Crippen molar-refractivity contribution in [2.45, 2.75) is 11.8 Å². The number of aliphatic carboxylic acids is 1. The van der Waals surface area contributed by atoms with Crippen LogP contribution in [0.15, 0.2) is 30.3 Å². The second-order valence-electron chi connectivity index (χ2n) is 2.95. The van der Waals surface area contributed by atoms with E-state index in [1.807, 2.05) is 30.3 Å². The topological polar surface area (TPSA) is 63.3 Å². The molecule has 76 valence electrons. The molecule has 0 saturated carbocycles. The van der Waals surface area contributed by atoms with Crippen LogP contribution in [0, 0.1) is 0 Å². The van der Waals surface area contributed by atoms with Crippen molar-refractivity contribution in [2.75, 3.05) is 5.75 Å². The van der Waals surface area contributed by atoms with Crippen LogP contribution in [0.1, 0.15) is 5.56 Å². The molecule has 0 heterocycles. The highest BCUT2D eigenvalue weighted by Gasteiger charge is 2.10. The molecule has 0 aromatic heterocycles. The Morgan fingerprint density at radius 1 is 1.43 bits per heavy atom. The van der Waals surface area contributed by atoms with Crippen LogP contribution in [0.5, 0.6) is 0 Å². The summed E-state index contributed by atoms with van der Waals surface area (Å²) < 4.78 is 0. The molecular weight excluding hydrogens is 202 g/mol. The Kier molecular flexibility index (Phi) is 4.49. The molecule has 0 saturated heterocycles. The first-order valence-electron chi connectivity index (χ1n) is 4.30. The molecule has 0 aliphatic rings. The van der Waals surface area contributed by atoms with Crippen LogP contribution < -0.4 is 5.73 Å². The number of hydrogen-bond donors (Lipinski definition) is 2. The number of carbonyl (C=O) groups is 1. The molecule has 0 aliphatic heterocycles. The Bertz CT molecular complexity index is 289. The summed E-state index contributed by atoms with van der Waals surface area (Å²) in [6.45, 7) is 0. The average Bonchev–Trinajstić information content (AvgIpc) is 2.19. The van der Waals surface area contributed by atoms with Gasteiger partial charge in [0.1, 0.15) is 6.04 Å². The average molecular weight is 215 g/mol. The van der Waals surface area contributed by atoms with E-state index in [0.29, 0.717) is 5.75 Å². The highest BCUT2D eigenvalue weighted by Crippen LogP contribution is 2.11. The normalized spacial score (nSPS) is 12.4. The summed E-state index contributed by atoms with van der Waals surface area (Å²) in [5.74, 6) is 0.317. The molecule has 0 bridgehead atoms. The maximum absolute atomic E-state index is 10.4. The fourth-order valence-electron chi connectivity index (χ4n) is 0.949. The van der Waals surface area contributed by atoms with Gasteiger partial charge in [-0.3, -0.25) is 4.79 Å². The van der Waals surface area contributed by atoms with Gasteiger partial charge in [-0.05, 0) is 5.56 Å². The van der Waals surface area contributed by atoms with Gasteiger partial charge < -0.3 is 10.8 Å². The van der Waals surface area contributed by atoms with Gasteiger partial charge in [-0.2, -0.15) is 11.8 Å². The monoisotopic (exact) mass is 215 g/mol. The Balaban J connectivity index is 2.26. The Morgan fingerprint density at radius 3 is 2.64 bits per heavy atom. The van der Waals surface area contributed by atoms with Crippen molar-refractivity contribution in [3.05, 3.63) is 35.9 Å².